The highest BCUT2D eigenvalue weighted by molar-refractivity contribution is 5.87. The maximum absolute atomic E-state index is 13.0. The quantitative estimate of drug-likeness (QED) is 0.122. The van der Waals surface area contributed by atoms with Gasteiger partial charge in [-0.25, -0.2) is 33.5 Å². The SMILES string of the molecule is CCCc1nc(C)cn2nc(-c3cc(=O)n4cc(C5CCNCC5)ccc4n3)cc12.Cc1cc(-c2cc(=O)n3cc(N4CCN(C)CC4)ccc3n2)cc2cn(C)nc12.Cc1cn2nc(-c3cc(=O)n4cc(N5CC(N6CCCCC6)C5)ccc4n3)cc2c(C)n1.Cc1cn2nc(-c3cc(=O)n4cc(N5CCC6(CCNC6)C5)ccc4n3)cc2c(C)n1. The number of rotatable bonds is 11. The molecule has 6 aliphatic rings. The summed E-state index contributed by atoms with van der Waals surface area (Å²) in [5.74, 6) is 0.494. The Labute approximate surface area is 703 Å². The van der Waals surface area contributed by atoms with Gasteiger partial charge in [0.1, 0.15) is 39.7 Å². The first-order valence-electron chi connectivity index (χ1n) is 42.9. The van der Waals surface area contributed by atoms with Crippen molar-refractivity contribution in [2.45, 2.75) is 118 Å². The van der Waals surface area contributed by atoms with Crippen LogP contribution in [-0.2, 0) is 13.5 Å². The van der Waals surface area contributed by atoms with Crippen LogP contribution >= 0.6 is 0 Å². The molecular formula is C92H102N26O4. The summed E-state index contributed by atoms with van der Waals surface area (Å²) in [6.07, 6.45) is 25.9. The highest BCUT2D eigenvalue weighted by Crippen LogP contribution is 2.39. The van der Waals surface area contributed by atoms with Crippen LogP contribution in [0.5, 0.6) is 0 Å². The normalized spacial score (nSPS) is 17.5. The number of nitrogens with zero attached hydrogens (tertiary/aromatic N) is 24. The molecule has 30 heteroatoms. The Bertz CT molecular complexity index is 6980. The van der Waals surface area contributed by atoms with Crippen LogP contribution in [-0.4, -0.2) is 206 Å². The zero-order chi connectivity index (χ0) is 83.8. The van der Waals surface area contributed by atoms with Crippen molar-refractivity contribution in [2.75, 3.05) is 113 Å². The Morgan fingerprint density at radius 1 is 0.434 bits per heavy atom. The average Bonchev–Trinajstić information content (AvgIpc) is 1.55. The molecule has 30 nitrogen and oxygen atoms in total. The monoisotopic (exact) mass is 1630 g/mol. The predicted octanol–water partition coefficient (Wildman–Crippen LogP) is 10.3. The number of aryl methyl sites for hydroxylation is 8. The van der Waals surface area contributed by atoms with Gasteiger partial charge in [0.25, 0.3) is 22.2 Å². The number of hydrogen-bond acceptors (Lipinski definition) is 22. The van der Waals surface area contributed by atoms with Gasteiger partial charge in [-0.15, -0.1) is 0 Å². The lowest BCUT2D eigenvalue weighted by Gasteiger charge is -2.47. The highest BCUT2D eigenvalue weighted by atomic mass is 16.1. The second-order valence-corrected chi connectivity index (χ2v) is 34.2. The number of piperazine rings is 1. The fourth-order valence-electron chi connectivity index (χ4n) is 18.6. The zero-order valence-corrected chi connectivity index (χ0v) is 70.7. The minimum atomic E-state index is -0.0959. The van der Waals surface area contributed by atoms with E-state index in [2.05, 4.69) is 109 Å². The molecule has 1 unspecified atom stereocenters. The van der Waals surface area contributed by atoms with E-state index in [4.69, 9.17) is 19.9 Å². The lowest BCUT2D eigenvalue weighted by atomic mass is 9.86. The number of fused-ring (bicyclic) bond motifs is 8. The van der Waals surface area contributed by atoms with E-state index in [0.717, 1.165) is 194 Å². The molecule has 16 aromatic rings. The second kappa shape index (κ2) is 32.7. The lowest BCUT2D eigenvalue weighted by Crippen LogP contribution is -2.60. The van der Waals surface area contributed by atoms with Crippen LogP contribution in [0, 0.1) is 47.0 Å². The molecule has 6 aliphatic heterocycles. The van der Waals surface area contributed by atoms with E-state index in [1.165, 1.54) is 50.8 Å². The molecule has 22 rings (SSSR count). The first-order chi connectivity index (χ1) is 59.1. The Balaban J connectivity index is 0.000000107. The van der Waals surface area contributed by atoms with Crippen LogP contribution in [0.25, 0.3) is 95.5 Å². The Hall–Kier alpha value is -12.8. The van der Waals surface area contributed by atoms with Crippen molar-refractivity contribution in [2.24, 2.45) is 12.5 Å². The number of anilines is 3. The molecule has 6 fully saturated rings. The van der Waals surface area contributed by atoms with Crippen LogP contribution in [0.2, 0.25) is 0 Å². The molecule has 6 saturated heterocycles. The number of hydrogen-bond donors (Lipinski definition) is 2. The first kappa shape index (κ1) is 79.0. The van der Waals surface area contributed by atoms with Crippen LogP contribution in [0.4, 0.5) is 17.1 Å². The summed E-state index contributed by atoms with van der Waals surface area (Å²) in [5, 5.41) is 26.4. The van der Waals surface area contributed by atoms with Gasteiger partial charge in [0.2, 0.25) is 0 Å². The van der Waals surface area contributed by atoms with Crippen LogP contribution in [0.15, 0.2) is 172 Å². The number of benzene rings is 1. The molecule has 2 N–H and O–H groups in total. The van der Waals surface area contributed by atoms with Gasteiger partial charge in [-0.3, -0.25) is 61.3 Å². The molecule has 1 aromatic carbocycles. The second-order valence-electron chi connectivity index (χ2n) is 34.2. The van der Waals surface area contributed by atoms with Gasteiger partial charge in [0.15, 0.2) is 0 Å². The van der Waals surface area contributed by atoms with Crippen molar-refractivity contribution >= 4 is 67.1 Å². The molecule has 0 saturated carbocycles. The number of nitrogens with one attached hydrogen (secondary N) is 2. The van der Waals surface area contributed by atoms with Crippen LogP contribution in [0.1, 0.15) is 109 Å². The fourth-order valence-corrected chi connectivity index (χ4v) is 18.6. The Kier molecular flexibility index (Phi) is 21.2. The van der Waals surface area contributed by atoms with E-state index in [1.807, 2.05) is 166 Å². The maximum Gasteiger partial charge on any atom is 0.258 e. The number of likely N-dealkylation sites (N-methyl/N-ethyl adjacent to an activating group) is 1. The van der Waals surface area contributed by atoms with Gasteiger partial charge in [0.05, 0.1) is 115 Å². The van der Waals surface area contributed by atoms with Crippen molar-refractivity contribution in [3.63, 3.8) is 0 Å². The van der Waals surface area contributed by atoms with Crippen LogP contribution < -0.4 is 47.6 Å². The Morgan fingerprint density at radius 3 is 1.48 bits per heavy atom. The van der Waals surface area contributed by atoms with Gasteiger partial charge in [0, 0.05) is 144 Å². The number of aromatic nitrogens is 19. The lowest BCUT2D eigenvalue weighted by molar-refractivity contribution is 0.139. The smallest absolute Gasteiger partial charge is 0.258 e. The van der Waals surface area contributed by atoms with Gasteiger partial charge >= 0.3 is 0 Å². The van der Waals surface area contributed by atoms with Gasteiger partial charge in [-0.05, 0) is 216 Å². The first-order valence-corrected chi connectivity index (χ1v) is 42.9. The van der Waals surface area contributed by atoms with Gasteiger partial charge < -0.3 is 30.2 Å². The molecule has 0 bridgehead atoms. The van der Waals surface area contributed by atoms with Crippen molar-refractivity contribution < 1.29 is 0 Å². The van der Waals surface area contributed by atoms with E-state index < -0.39 is 0 Å². The summed E-state index contributed by atoms with van der Waals surface area (Å²) < 4.78 is 13.9. The summed E-state index contributed by atoms with van der Waals surface area (Å²) in [7, 11) is 4.05. The number of piperidine rings is 2. The van der Waals surface area contributed by atoms with Crippen molar-refractivity contribution in [3.05, 3.63) is 239 Å². The van der Waals surface area contributed by atoms with E-state index in [0.29, 0.717) is 79.8 Å². The van der Waals surface area contributed by atoms with Gasteiger partial charge in [-0.2, -0.15) is 20.4 Å². The fraction of sp³-hybridized carbons (Fsp3) is 0.380. The maximum atomic E-state index is 13.0. The predicted molar refractivity (Wildman–Crippen MR) is 477 cm³/mol. The molecule has 21 heterocycles. The highest BCUT2D eigenvalue weighted by Gasteiger charge is 2.41. The standard InChI is InChI=1S/C24H27N7O.C23H25N7O.C23H26N6O.C22H24N6O/c1-16-12-31-22(17(2)25-16)10-21(27-31)20-11-24(32)30-15-18(6-7-23(30)26-20)29-13-19(14-29)28-8-4-3-5-9-28;1-15-11-30-20(16(2)25-15)9-19(27-30)18-10-22(31)29-12-17(3-4-21(29)26-18)28-8-6-23(14-28)5-7-24-13-23;1-3-4-18-21-11-20(27-29(21)13-15(2)25-18)19-12-23(30)28-14-17(5-6-22(28)26-19)16-7-9-24-10-8-16;1-15-10-16(11-17-13-26(3)24-22(15)17)19-12-21(29)28-14-18(4-5-20(28)23-19)27-8-6-25(2)7-9-27/h6-7,10-12,15,19H,3-5,8-9,13-14H2,1-2H3;3-4,9-12,24H,5-8,13-14H2,1-2H3;5-6,11-14,16,24H,3-4,7-10H2,1-2H3;4-5,10-14H,6-9H2,1-3H3. The third-order valence-electron chi connectivity index (χ3n) is 25.2. The minimum Gasteiger partial charge on any atom is -0.370 e. The van der Waals surface area contributed by atoms with E-state index in [1.54, 1.807) is 46.4 Å². The van der Waals surface area contributed by atoms with E-state index in [9.17, 15) is 19.2 Å². The van der Waals surface area contributed by atoms with E-state index in [-0.39, 0.29) is 22.2 Å². The van der Waals surface area contributed by atoms with Gasteiger partial charge in [-0.1, -0.05) is 25.8 Å². The largest absolute Gasteiger partial charge is 0.370 e. The number of likely N-dealkylation sites (tertiary alicyclic amines) is 1. The molecule has 624 valence electrons. The van der Waals surface area contributed by atoms with Crippen LogP contribution in [0.3, 0.4) is 0 Å². The van der Waals surface area contributed by atoms with Crippen molar-refractivity contribution in [3.8, 4) is 45.4 Å². The molecule has 15 aromatic heterocycles. The summed E-state index contributed by atoms with van der Waals surface area (Å²) in [4.78, 5) is 96.4. The molecule has 0 amide bonds. The third-order valence-corrected chi connectivity index (χ3v) is 25.2. The zero-order valence-electron chi connectivity index (χ0n) is 70.7. The molecule has 1 atom stereocenters. The molecule has 122 heavy (non-hydrogen) atoms. The molecule has 0 aliphatic carbocycles. The third kappa shape index (κ3) is 15.9. The summed E-state index contributed by atoms with van der Waals surface area (Å²) in [5.41, 5.74) is 22.9. The van der Waals surface area contributed by atoms with Crippen molar-refractivity contribution in [1.29, 1.82) is 0 Å². The van der Waals surface area contributed by atoms with E-state index >= 15 is 0 Å². The summed E-state index contributed by atoms with van der Waals surface area (Å²) in [6, 6.07) is 33.0. The average molecular weight is 1640 g/mol. The summed E-state index contributed by atoms with van der Waals surface area (Å²) in [6.45, 7) is 28.8. The molecular weight excluding hydrogens is 1530 g/mol. The number of pyridine rings is 4. The molecule has 1 spiro atoms. The summed E-state index contributed by atoms with van der Waals surface area (Å²) >= 11 is 0. The molecule has 0 radical (unpaired) electrons. The topological polar surface area (TPSA) is 286 Å². The van der Waals surface area contributed by atoms with Crippen molar-refractivity contribution in [1.82, 2.24) is 112 Å². The Morgan fingerprint density at radius 2 is 0.934 bits per heavy atom. The minimum absolute atomic E-state index is 0.0649.